The molecule has 7 heteroatoms. The van der Waals surface area contributed by atoms with E-state index in [1.807, 2.05) is 42.5 Å². The highest BCUT2D eigenvalue weighted by molar-refractivity contribution is 7.88. The second-order valence-electron chi connectivity index (χ2n) is 7.23. The van der Waals surface area contributed by atoms with Crippen molar-refractivity contribution in [1.82, 2.24) is 9.62 Å². The van der Waals surface area contributed by atoms with E-state index < -0.39 is 10.0 Å². The maximum absolute atomic E-state index is 12.5. The lowest BCUT2D eigenvalue weighted by molar-refractivity contribution is -0.118. The van der Waals surface area contributed by atoms with E-state index in [1.165, 1.54) is 0 Å². The summed E-state index contributed by atoms with van der Waals surface area (Å²) in [5.41, 5.74) is 2.99. The Morgan fingerprint density at radius 3 is 2.39 bits per heavy atom. The van der Waals surface area contributed by atoms with Crippen LogP contribution in [0.15, 0.2) is 54.6 Å². The largest absolute Gasteiger partial charge is 0.325 e. The lowest BCUT2D eigenvalue weighted by Gasteiger charge is -2.35. The number of nitrogens with one attached hydrogen (secondary N) is 2. The van der Waals surface area contributed by atoms with Crippen LogP contribution < -0.4 is 10.0 Å². The van der Waals surface area contributed by atoms with Crippen molar-refractivity contribution in [2.24, 2.45) is 0 Å². The van der Waals surface area contributed by atoms with Crippen LogP contribution in [0.5, 0.6) is 0 Å². The third kappa shape index (κ3) is 6.15. The fourth-order valence-electron chi connectivity index (χ4n) is 3.51. The van der Waals surface area contributed by atoms with Crippen molar-refractivity contribution >= 4 is 21.6 Å². The summed E-state index contributed by atoms with van der Waals surface area (Å²) < 4.78 is 25.3. The Bertz CT molecular complexity index is 883. The molecule has 150 valence electrons. The lowest BCUT2D eigenvalue weighted by atomic mass is 10.0. The minimum absolute atomic E-state index is 0.0506. The molecule has 1 atom stereocenters. The van der Waals surface area contributed by atoms with E-state index in [9.17, 15) is 13.2 Å². The van der Waals surface area contributed by atoms with E-state index in [0.717, 1.165) is 48.9 Å². The molecule has 1 heterocycles. The molecule has 0 saturated carbocycles. The number of benzene rings is 2. The van der Waals surface area contributed by atoms with Gasteiger partial charge in [-0.3, -0.25) is 9.69 Å². The molecule has 1 aliphatic heterocycles. The van der Waals surface area contributed by atoms with Crippen LogP contribution in [-0.2, 0) is 14.8 Å². The SMILES string of the molecule is CS(=O)(=O)NC[C@H]1CCCCN1CC(=O)Nc1ccc(-c2ccccc2)cc1. The molecule has 1 amide bonds. The first-order chi connectivity index (χ1) is 13.4. The fraction of sp³-hybridized carbons (Fsp3) is 0.381. The predicted molar refractivity (Wildman–Crippen MR) is 113 cm³/mol. The summed E-state index contributed by atoms with van der Waals surface area (Å²) in [5.74, 6) is -0.0845. The van der Waals surface area contributed by atoms with Crippen molar-refractivity contribution in [3.05, 3.63) is 54.6 Å². The number of hydrogen-bond acceptors (Lipinski definition) is 4. The first kappa shape index (κ1) is 20.5. The molecule has 0 unspecified atom stereocenters. The van der Waals surface area contributed by atoms with Gasteiger partial charge in [-0.1, -0.05) is 48.9 Å². The van der Waals surface area contributed by atoms with Crippen molar-refractivity contribution in [3.63, 3.8) is 0 Å². The normalized spacial score (nSPS) is 18.0. The van der Waals surface area contributed by atoms with Crippen molar-refractivity contribution < 1.29 is 13.2 Å². The number of likely N-dealkylation sites (tertiary alicyclic amines) is 1. The van der Waals surface area contributed by atoms with Gasteiger partial charge in [0.05, 0.1) is 12.8 Å². The quantitative estimate of drug-likeness (QED) is 0.748. The van der Waals surface area contributed by atoms with Crippen molar-refractivity contribution in [2.75, 3.05) is 31.2 Å². The Morgan fingerprint density at radius 1 is 1.04 bits per heavy atom. The standard InChI is InChI=1S/C21H27N3O3S/c1-28(26,27)22-15-20-9-5-6-14-24(20)16-21(25)23-19-12-10-18(11-13-19)17-7-3-2-4-8-17/h2-4,7-8,10-13,20,22H,5-6,9,14-16H2,1H3,(H,23,25)/t20-/m1/s1. The Balaban J connectivity index is 1.56. The van der Waals surface area contributed by atoms with Crippen LogP contribution in [0.2, 0.25) is 0 Å². The monoisotopic (exact) mass is 401 g/mol. The minimum Gasteiger partial charge on any atom is -0.325 e. The number of carbonyl (C=O) groups excluding carboxylic acids is 1. The minimum atomic E-state index is -3.23. The molecule has 0 aliphatic carbocycles. The number of nitrogens with zero attached hydrogens (tertiary/aromatic N) is 1. The summed E-state index contributed by atoms with van der Waals surface area (Å²) in [6.45, 7) is 1.41. The molecule has 2 aromatic rings. The summed E-state index contributed by atoms with van der Waals surface area (Å²) in [5, 5.41) is 2.94. The Hall–Kier alpha value is -2.22. The average Bonchev–Trinajstić information content (AvgIpc) is 2.68. The molecule has 0 spiro atoms. The van der Waals surface area contributed by atoms with Gasteiger partial charge in [0, 0.05) is 18.3 Å². The maximum Gasteiger partial charge on any atom is 0.238 e. The van der Waals surface area contributed by atoms with Crippen LogP contribution >= 0.6 is 0 Å². The average molecular weight is 402 g/mol. The molecule has 1 aliphatic rings. The molecule has 0 bridgehead atoms. The highest BCUT2D eigenvalue weighted by atomic mass is 32.2. The molecular weight excluding hydrogens is 374 g/mol. The van der Waals surface area contributed by atoms with Gasteiger partial charge in [0.25, 0.3) is 0 Å². The van der Waals surface area contributed by atoms with E-state index in [0.29, 0.717) is 6.54 Å². The molecular formula is C21H27N3O3S. The van der Waals surface area contributed by atoms with Crippen molar-refractivity contribution in [3.8, 4) is 11.1 Å². The summed E-state index contributed by atoms with van der Waals surface area (Å²) >= 11 is 0. The number of sulfonamides is 1. The van der Waals surface area contributed by atoms with Crippen LogP contribution in [0, 0.1) is 0 Å². The van der Waals surface area contributed by atoms with Gasteiger partial charge in [0.2, 0.25) is 15.9 Å². The molecule has 2 aromatic carbocycles. The highest BCUT2D eigenvalue weighted by Gasteiger charge is 2.25. The third-order valence-corrected chi connectivity index (χ3v) is 5.64. The smallest absolute Gasteiger partial charge is 0.238 e. The number of rotatable bonds is 7. The summed E-state index contributed by atoms with van der Waals surface area (Å²) in [4.78, 5) is 14.6. The van der Waals surface area contributed by atoms with Gasteiger partial charge in [0.1, 0.15) is 0 Å². The Kier molecular flexibility index (Phi) is 6.83. The van der Waals surface area contributed by atoms with Gasteiger partial charge in [-0.25, -0.2) is 13.1 Å². The van der Waals surface area contributed by atoms with Gasteiger partial charge in [-0.2, -0.15) is 0 Å². The van der Waals surface area contributed by atoms with Crippen molar-refractivity contribution in [2.45, 2.75) is 25.3 Å². The van der Waals surface area contributed by atoms with Crippen LogP contribution in [0.4, 0.5) is 5.69 Å². The first-order valence-corrected chi connectivity index (χ1v) is 11.4. The van der Waals surface area contributed by atoms with Crippen LogP contribution in [0.1, 0.15) is 19.3 Å². The summed E-state index contributed by atoms with van der Waals surface area (Å²) in [6.07, 6.45) is 4.12. The highest BCUT2D eigenvalue weighted by Crippen LogP contribution is 2.21. The number of amides is 1. The van der Waals surface area contributed by atoms with Gasteiger partial charge >= 0.3 is 0 Å². The fourth-order valence-corrected chi connectivity index (χ4v) is 4.00. The van der Waals surface area contributed by atoms with Gasteiger partial charge in [0.15, 0.2) is 0 Å². The summed E-state index contributed by atoms with van der Waals surface area (Å²) in [7, 11) is -3.23. The second kappa shape index (κ2) is 9.32. The number of carbonyl (C=O) groups is 1. The molecule has 1 fully saturated rings. The van der Waals surface area contributed by atoms with E-state index in [4.69, 9.17) is 0 Å². The Labute approximate surface area is 167 Å². The van der Waals surface area contributed by atoms with Crippen LogP contribution in [0.3, 0.4) is 0 Å². The Morgan fingerprint density at radius 2 is 1.71 bits per heavy atom. The topological polar surface area (TPSA) is 78.5 Å². The number of anilines is 1. The zero-order chi connectivity index (χ0) is 20.0. The van der Waals surface area contributed by atoms with Crippen LogP contribution in [0.25, 0.3) is 11.1 Å². The molecule has 28 heavy (non-hydrogen) atoms. The third-order valence-electron chi connectivity index (χ3n) is 4.95. The lowest BCUT2D eigenvalue weighted by Crippen LogP contribution is -2.49. The molecule has 3 rings (SSSR count). The number of piperidine rings is 1. The molecule has 6 nitrogen and oxygen atoms in total. The molecule has 1 saturated heterocycles. The summed E-state index contributed by atoms with van der Waals surface area (Å²) in [6, 6.07) is 17.9. The maximum atomic E-state index is 12.5. The van der Waals surface area contributed by atoms with Gasteiger partial charge < -0.3 is 5.32 Å². The zero-order valence-corrected chi connectivity index (χ0v) is 16.9. The number of hydrogen-bond donors (Lipinski definition) is 2. The second-order valence-corrected chi connectivity index (χ2v) is 9.07. The predicted octanol–water partition coefficient (Wildman–Crippen LogP) is 2.70. The van der Waals surface area contributed by atoms with Crippen molar-refractivity contribution in [1.29, 1.82) is 0 Å². The van der Waals surface area contributed by atoms with E-state index in [-0.39, 0.29) is 18.5 Å². The molecule has 0 radical (unpaired) electrons. The van der Waals surface area contributed by atoms with E-state index in [2.05, 4.69) is 27.1 Å². The van der Waals surface area contributed by atoms with Crippen LogP contribution in [-0.4, -0.2) is 51.2 Å². The first-order valence-electron chi connectivity index (χ1n) is 9.55. The van der Waals surface area contributed by atoms with Gasteiger partial charge in [-0.05, 0) is 42.6 Å². The van der Waals surface area contributed by atoms with E-state index in [1.54, 1.807) is 0 Å². The zero-order valence-electron chi connectivity index (χ0n) is 16.1. The molecule has 0 aromatic heterocycles. The molecule has 2 N–H and O–H groups in total. The van der Waals surface area contributed by atoms with Gasteiger partial charge in [-0.15, -0.1) is 0 Å². The van der Waals surface area contributed by atoms with E-state index >= 15 is 0 Å².